The van der Waals surface area contributed by atoms with Gasteiger partial charge in [-0.3, -0.25) is 24.1 Å². The number of aliphatic hydroxyl groups is 2. The molecule has 4 N–H and O–H groups in total. The largest absolute Gasteiger partial charge is 0.455 e. The molecule has 0 unspecified atom stereocenters. The molecule has 1 fully saturated rings. The minimum Gasteiger partial charge on any atom is -0.455 e. The summed E-state index contributed by atoms with van der Waals surface area (Å²) in [6, 6.07) is 8.06. The predicted molar refractivity (Wildman–Crippen MR) is 207 cm³/mol. The molecule has 0 bridgehead atoms. The maximum Gasteiger partial charge on any atom is 0.303 e. The van der Waals surface area contributed by atoms with E-state index in [1.165, 1.54) is 18.3 Å². The maximum atomic E-state index is 14.3. The van der Waals surface area contributed by atoms with Crippen molar-refractivity contribution in [2.75, 3.05) is 13.6 Å². The van der Waals surface area contributed by atoms with E-state index in [4.69, 9.17) is 4.74 Å². The molecule has 0 aliphatic carbocycles. The smallest absolute Gasteiger partial charge is 0.303 e. The van der Waals surface area contributed by atoms with E-state index in [-0.39, 0.29) is 53.9 Å². The lowest BCUT2D eigenvalue weighted by Gasteiger charge is -2.40. The lowest BCUT2D eigenvalue weighted by atomic mass is 9.92. The zero-order chi connectivity index (χ0) is 39.4. The third-order valence-corrected chi connectivity index (χ3v) is 11.5. The van der Waals surface area contributed by atoms with Gasteiger partial charge in [0.2, 0.25) is 11.8 Å². The number of amides is 3. The third kappa shape index (κ3) is 12.9. The summed E-state index contributed by atoms with van der Waals surface area (Å²) in [4.78, 5) is 62.4. The summed E-state index contributed by atoms with van der Waals surface area (Å²) in [6.07, 6.45) is 2.17. The molecule has 1 aromatic carbocycles. The lowest BCUT2D eigenvalue weighted by Crippen LogP contribution is -2.59. The van der Waals surface area contributed by atoms with Gasteiger partial charge in [0, 0.05) is 49.8 Å². The normalized spacial score (nSPS) is 18.6. The van der Waals surface area contributed by atoms with Crippen molar-refractivity contribution < 1.29 is 34.1 Å². The van der Waals surface area contributed by atoms with Crippen molar-refractivity contribution in [1.82, 2.24) is 25.4 Å². The number of nitrogens with one attached hydrogen (secondary N) is 2. The van der Waals surface area contributed by atoms with Crippen molar-refractivity contribution in [3.05, 3.63) is 52.0 Å². The van der Waals surface area contributed by atoms with Gasteiger partial charge in [0.15, 0.2) is 12.4 Å². The molecule has 53 heavy (non-hydrogen) atoms. The molecule has 0 spiro atoms. The quantitative estimate of drug-likeness (QED) is 0.113. The second-order valence-corrected chi connectivity index (χ2v) is 16.3. The summed E-state index contributed by atoms with van der Waals surface area (Å²) < 4.78 is 5.79. The van der Waals surface area contributed by atoms with Crippen molar-refractivity contribution in [3.63, 3.8) is 0 Å². The van der Waals surface area contributed by atoms with E-state index in [9.17, 15) is 29.4 Å². The number of likely N-dealkylation sites (N-methyl/N-ethyl adjacent to an activating group) is 1. The van der Waals surface area contributed by atoms with Crippen molar-refractivity contribution in [2.45, 2.75) is 143 Å². The van der Waals surface area contributed by atoms with Gasteiger partial charge >= 0.3 is 5.97 Å². The summed E-state index contributed by atoms with van der Waals surface area (Å²) in [5.41, 5.74) is 1.15. The number of nitrogens with zero attached hydrogens (tertiary/aromatic N) is 3. The number of ether oxygens (including phenoxy) is 1. The monoisotopic (exact) mass is 757 g/mol. The average Bonchev–Trinajstić information content (AvgIpc) is 3.62. The average molecular weight is 758 g/mol. The van der Waals surface area contributed by atoms with E-state index in [2.05, 4.69) is 34.4 Å². The molecule has 13 heteroatoms. The Morgan fingerprint density at radius 1 is 1.00 bits per heavy atom. The van der Waals surface area contributed by atoms with Crippen LogP contribution in [0.1, 0.15) is 121 Å². The topological polar surface area (TPSA) is 161 Å². The van der Waals surface area contributed by atoms with Crippen LogP contribution < -0.4 is 10.6 Å². The highest BCUT2D eigenvalue weighted by Crippen LogP contribution is 2.31. The highest BCUT2D eigenvalue weighted by molar-refractivity contribution is 7.09. The minimum atomic E-state index is -1.52. The van der Waals surface area contributed by atoms with Crippen LogP contribution in [0, 0.1) is 17.8 Å². The molecule has 3 rings (SSSR count). The Labute approximate surface area is 320 Å². The van der Waals surface area contributed by atoms with Crippen LogP contribution in [0.25, 0.3) is 0 Å². The van der Waals surface area contributed by atoms with E-state index in [0.717, 1.165) is 31.4 Å². The van der Waals surface area contributed by atoms with E-state index < -0.39 is 42.3 Å². The van der Waals surface area contributed by atoms with Crippen LogP contribution in [0.3, 0.4) is 0 Å². The van der Waals surface area contributed by atoms with Gasteiger partial charge in [0.25, 0.3) is 5.91 Å². The number of rotatable bonds is 19. The van der Waals surface area contributed by atoms with Crippen molar-refractivity contribution >= 4 is 35.0 Å². The number of piperidine rings is 1. The first-order valence-electron chi connectivity index (χ1n) is 19.2. The molecule has 296 valence electrons. The number of carbonyl (C=O) groups excluding carboxylic acids is 4. The number of thiazole rings is 1. The molecule has 12 nitrogen and oxygen atoms in total. The van der Waals surface area contributed by atoms with Gasteiger partial charge in [-0.05, 0) is 63.5 Å². The Balaban J connectivity index is 1.82. The second kappa shape index (κ2) is 20.9. The van der Waals surface area contributed by atoms with Gasteiger partial charge in [0.1, 0.15) is 16.7 Å². The Bertz CT molecular complexity index is 1470. The third-order valence-electron chi connectivity index (χ3n) is 10.5. The van der Waals surface area contributed by atoms with Crippen LogP contribution >= 0.6 is 11.3 Å². The highest BCUT2D eigenvalue weighted by Gasteiger charge is 2.38. The van der Waals surface area contributed by atoms with Gasteiger partial charge in [-0.15, -0.1) is 11.3 Å². The number of hydrogen-bond acceptors (Lipinski definition) is 10. The van der Waals surface area contributed by atoms with Crippen LogP contribution in [-0.4, -0.2) is 98.8 Å². The van der Waals surface area contributed by atoms with Gasteiger partial charge in [-0.1, -0.05) is 77.8 Å². The van der Waals surface area contributed by atoms with Crippen LogP contribution in [0.15, 0.2) is 35.7 Å². The molecule has 1 aliphatic heterocycles. The van der Waals surface area contributed by atoms with Gasteiger partial charge in [0.05, 0.1) is 6.04 Å². The van der Waals surface area contributed by atoms with E-state index >= 15 is 0 Å². The highest BCUT2D eigenvalue weighted by atomic mass is 32.1. The molecule has 3 amide bonds. The van der Waals surface area contributed by atoms with E-state index in [0.29, 0.717) is 24.3 Å². The predicted octanol–water partition coefficient (Wildman–Crippen LogP) is 5.09. The SMILES string of the molecule is CC[C@H](C)[C@H](NC(=O)[C@H]1CCCCN1C(C)C)C(=O)N(C)[C@H](C[C@@H](OC(C)=O)c1nc(C(=O)N[C@@H](Cc2ccccc2)C[C@H](C)C(O)O)cs1)C(C)C. The fourth-order valence-corrected chi connectivity index (χ4v) is 7.97. The summed E-state index contributed by atoms with van der Waals surface area (Å²) in [6.45, 7) is 16.0. The standard InChI is InChI=1S/C40H63N5O7S/c1-10-26(6)35(43-37(48)32-18-14-15-19-45(32)25(4)5)39(49)44(9)33(24(2)3)22-34(52-28(8)46)38-42-31(23-53-38)36(47)41-30(20-27(7)40(50)51)21-29-16-12-11-13-17-29/h11-13,16-17,23-27,30,32-35,40,50-51H,10,14-15,18-22H2,1-9H3,(H,41,47)(H,43,48)/t26-,27-,30+,32+,33+,34+,35-/m0/s1. The van der Waals surface area contributed by atoms with Crippen molar-refractivity contribution in [1.29, 1.82) is 0 Å². The van der Waals surface area contributed by atoms with Crippen LogP contribution in [0.4, 0.5) is 0 Å². The minimum absolute atomic E-state index is 0.0459. The van der Waals surface area contributed by atoms with Crippen LogP contribution in [0.5, 0.6) is 0 Å². The van der Waals surface area contributed by atoms with E-state index in [1.54, 1.807) is 24.3 Å². The number of aromatic nitrogens is 1. The first kappa shape index (κ1) is 44.0. The summed E-state index contributed by atoms with van der Waals surface area (Å²) in [5.74, 6) is -1.91. The van der Waals surface area contributed by atoms with Gasteiger partial charge < -0.3 is 30.5 Å². The van der Waals surface area contributed by atoms with E-state index in [1.807, 2.05) is 58.0 Å². The number of likely N-dealkylation sites (tertiary alicyclic amines) is 1. The molecule has 1 aromatic heterocycles. The maximum absolute atomic E-state index is 14.3. The molecular weight excluding hydrogens is 695 g/mol. The first-order chi connectivity index (χ1) is 25.0. The summed E-state index contributed by atoms with van der Waals surface area (Å²) >= 11 is 1.20. The van der Waals surface area contributed by atoms with Gasteiger partial charge in [-0.25, -0.2) is 4.98 Å². The summed E-state index contributed by atoms with van der Waals surface area (Å²) in [7, 11) is 1.73. The molecular formula is C40H63N5O7S. The Morgan fingerprint density at radius 3 is 2.26 bits per heavy atom. The molecule has 1 aliphatic rings. The fourth-order valence-electron chi connectivity index (χ4n) is 7.13. The summed E-state index contributed by atoms with van der Waals surface area (Å²) in [5, 5.41) is 27.7. The fraction of sp³-hybridized carbons (Fsp3) is 0.675. The molecule has 1 saturated heterocycles. The van der Waals surface area contributed by atoms with Crippen LogP contribution in [-0.2, 0) is 25.5 Å². The zero-order valence-electron chi connectivity index (χ0n) is 33.1. The number of benzene rings is 1. The Kier molecular flexibility index (Phi) is 17.4. The van der Waals surface area contributed by atoms with Gasteiger partial charge in [-0.2, -0.15) is 0 Å². The molecule has 2 aromatic rings. The Hall–Kier alpha value is -3.39. The molecule has 2 heterocycles. The number of hydrogen-bond donors (Lipinski definition) is 4. The second-order valence-electron chi connectivity index (χ2n) is 15.4. The van der Waals surface area contributed by atoms with Crippen molar-refractivity contribution in [2.24, 2.45) is 17.8 Å². The zero-order valence-corrected chi connectivity index (χ0v) is 33.9. The number of carbonyl (C=O) groups is 4. The molecule has 0 saturated carbocycles. The first-order valence-corrected chi connectivity index (χ1v) is 20.1. The number of aliphatic hydroxyl groups excluding tert-OH is 1. The van der Waals surface area contributed by atoms with Crippen LogP contribution in [0.2, 0.25) is 0 Å². The lowest BCUT2D eigenvalue weighted by molar-refractivity contribution is -0.149. The molecule has 7 atom stereocenters. The number of esters is 1. The van der Waals surface area contributed by atoms with Crippen molar-refractivity contribution in [3.8, 4) is 0 Å². The molecule has 0 radical (unpaired) electrons. The Morgan fingerprint density at radius 2 is 1.68 bits per heavy atom.